The van der Waals surface area contributed by atoms with E-state index in [2.05, 4.69) is 61.5 Å². The van der Waals surface area contributed by atoms with Crippen molar-refractivity contribution in [1.29, 1.82) is 0 Å². The molecule has 17 heavy (non-hydrogen) atoms. The molecule has 1 heterocycles. The highest BCUT2D eigenvalue weighted by atomic mass is 32.1. The van der Waals surface area contributed by atoms with E-state index < -0.39 is 0 Å². The Labute approximate surface area is 108 Å². The fourth-order valence-electron chi connectivity index (χ4n) is 1.95. The van der Waals surface area contributed by atoms with Crippen molar-refractivity contribution in [2.45, 2.75) is 26.9 Å². The normalized spacial score (nSPS) is 11.1. The first-order valence-electron chi connectivity index (χ1n) is 5.93. The van der Waals surface area contributed by atoms with Gasteiger partial charge in [-0.15, -0.1) is 11.3 Å². The molecule has 90 valence electrons. The molecule has 0 atom stereocenters. The summed E-state index contributed by atoms with van der Waals surface area (Å²) < 4.78 is 0. The smallest absolute Gasteiger partial charge is 0.0331 e. The Hall–Kier alpha value is -1.12. The van der Waals surface area contributed by atoms with Gasteiger partial charge in [0.25, 0.3) is 0 Å². The first kappa shape index (κ1) is 12.3. The van der Waals surface area contributed by atoms with Crippen molar-refractivity contribution < 1.29 is 0 Å². The number of rotatable bonds is 4. The van der Waals surface area contributed by atoms with Crippen molar-refractivity contribution >= 4 is 11.3 Å². The fraction of sp³-hybridized carbons (Fsp3) is 0.333. The molecule has 1 aromatic carbocycles. The van der Waals surface area contributed by atoms with Gasteiger partial charge in [0, 0.05) is 18.0 Å². The number of thiophene rings is 1. The molecule has 1 nitrogen and oxygen atoms in total. The zero-order valence-corrected chi connectivity index (χ0v) is 11.6. The molecular weight excluding hydrogens is 226 g/mol. The van der Waals surface area contributed by atoms with Gasteiger partial charge < -0.3 is 0 Å². The van der Waals surface area contributed by atoms with Crippen LogP contribution in [0.4, 0.5) is 0 Å². The molecule has 0 N–H and O–H groups in total. The van der Waals surface area contributed by atoms with Gasteiger partial charge in [0.2, 0.25) is 0 Å². The van der Waals surface area contributed by atoms with Gasteiger partial charge in [-0.2, -0.15) is 0 Å². The molecule has 0 spiro atoms. The van der Waals surface area contributed by atoms with Gasteiger partial charge in [-0.3, -0.25) is 4.90 Å². The van der Waals surface area contributed by atoms with E-state index in [0.29, 0.717) is 0 Å². The summed E-state index contributed by atoms with van der Waals surface area (Å²) in [7, 11) is 2.19. The third-order valence-electron chi connectivity index (χ3n) is 3.08. The molecule has 0 fully saturated rings. The number of aryl methyl sites for hydroxylation is 2. The van der Waals surface area contributed by atoms with Crippen LogP contribution in [-0.2, 0) is 13.1 Å². The minimum Gasteiger partial charge on any atom is -0.297 e. The molecule has 0 aliphatic heterocycles. The highest BCUT2D eigenvalue weighted by molar-refractivity contribution is 7.10. The summed E-state index contributed by atoms with van der Waals surface area (Å²) >= 11 is 1.85. The molecule has 2 aromatic rings. The topological polar surface area (TPSA) is 3.24 Å². The van der Waals surface area contributed by atoms with Crippen LogP contribution in [0.15, 0.2) is 35.7 Å². The van der Waals surface area contributed by atoms with Crippen LogP contribution in [0.5, 0.6) is 0 Å². The highest BCUT2D eigenvalue weighted by Gasteiger charge is 2.06. The number of nitrogens with zero attached hydrogens (tertiary/aromatic N) is 1. The molecule has 2 heteroatoms. The Balaban J connectivity index is 2.01. The van der Waals surface area contributed by atoms with E-state index in [9.17, 15) is 0 Å². The summed E-state index contributed by atoms with van der Waals surface area (Å²) in [5, 5.41) is 2.17. The van der Waals surface area contributed by atoms with Crippen molar-refractivity contribution in [3.05, 3.63) is 57.3 Å². The average molecular weight is 245 g/mol. The van der Waals surface area contributed by atoms with Crippen LogP contribution in [0, 0.1) is 13.8 Å². The van der Waals surface area contributed by atoms with E-state index in [1.54, 1.807) is 0 Å². The molecule has 0 aliphatic carbocycles. The SMILES string of the molecule is Cc1ccccc1CN(C)Cc1sccc1C. The molecule has 2 rings (SSSR count). The van der Waals surface area contributed by atoms with Gasteiger partial charge in [0.15, 0.2) is 0 Å². The second-order valence-corrected chi connectivity index (χ2v) is 5.63. The molecule has 0 radical (unpaired) electrons. The zero-order valence-electron chi connectivity index (χ0n) is 10.7. The quantitative estimate of drug-likeness (QED) is 0.787. The Kier molecular flexibility index (Phi) is 3.97. The molecule has 0 saturated carbocycles. The van der Waals surface area contributed by atoms with Crippen LogP contribution in [0.25, 0.3) is 0 Å². The summed E-state index contributed by atoms with van der Waals surface area (Å²) in [6, 6.07) is 10.8. The fourth-order valence-corrected chi connectivity index (χ4v) is 2.93. The number of benzene rings is 1. The summed E-state index contributed by atoms with van der Waals surface area (Å²) in [5.74, 6) is 0. The highest BCUT2D eigenvalue weighted by Crippen LogP contribution is 2.18. The van der Waals surface area contributed by atoms with E-state index in [1.165, 1.54) is 21.6 Å². The lowest BCUT2D eigenvalue weighted by molar-refractivity contribution is 0.321. The van der Waals surface area contributed by atoms with Gasteiger partial charge in [-0.05, 0) is 49.0 Å². The second kappa shape index (κ2) is 5.48. The summed E-state index contributed by atoms with van der Waals surface area (Å²) in [6.07, 6.45) is 0. The van der Waals surface area contributed by atoms with E-state index in [0.717, 1.165) is 13.1 Å². The Morgan fingerprint density at radius 3 is 2.41 bits per heavy atom. The van der Waals surface area contributed by atoms with Gasteiger partial charge in [0.05, 0.1) is 0 Å². The van der Waals surface area contributed by atoms with E-state index in [1.807, 2.05) is 11.3 Å². The molecule has 0 unspecified atom stereocenters. The van der Waals surface area contributed by atoms with Crippen molar-refractivity contribution in [2.75, 3.05) is 7.05 Å². The van der Waals surface area contributed by atoms with Crippen molar-refractivity contribution in [3.63, 3.8) is 0 Å². The molecule has 0 amide bonds. The molecule has 0 saturated heterocycles. The minimum atomic E-state index is 1.02. The van der Waals surface area contributed by atoms with Crippen LogP contribution in [0.3, 0.4) is 0 Å². The number of hydrogen-bond donors (Lipinski definition) is 0. The second-order valence-electron chi connectivity index (χ2n) is 4.63. The lowest BCUT2D eigenvalue weighted by Crippen LogP contribution is -2.17. The Morgan fingerprint density at radius 2 is 1.76 bits per heavy atom. The van der Waals surface area contributed by atoms with Crippen molar-refractivity contribution in [2.24, 2.45) is 0 Å². The van der Waals surface area contributed by atoms with E-state index in [4.69, 9.17) is 0 Å². The van der Waals surface area contributed by atoms with Crippen molar-refractivity contribution in [1.82, 2.24) is 4.90 Å². The summed E-state index contributed by atoms with van der Waals surface area (Å²) in [6.45, 7) is 6.43. The third-order valence-corrected chi connectivity index (χ3v) is 4.09. The zero-order chi connectivity index (χ0) is 12.3. The van der Waals surface area contributed by atoms with Crippen LogP contribution in [-0.4, -0.2) is 11.9 Å². The van der Waals surface area contributed by atoms with Crippen molar-refractivity contribution in [3.8, 4) is 0 Å². The lowest BCUT2D eigenvalue weighted by atomic mass is 10.1. The summed E-state index contributed by atoms with van der Waals surface area (Å²) in [4.78, 5) is 3.85. The largest absolute Gasteiger partial charge is 0.297 e. The minimum absolute atomic E-state index is 1.02. The van der Waals surface area contributed by atoms with Crippen LogP contribution >= 0.6 is 11.3 Å². The monoisotopic (exact) mass is 245 g/mol. The Morgan fingerprint density at radius 1 is 1.00 bits per heavy atom. The molecule has 1 aromatic heterocycles. The summed E-state index contributed by atoms with van der Waals surface area (Å²) in [5.41, 5.74) is 4.21. The standard InChI is InChI=1S/C15H19NS/c1-12-6-4-5-7-14(12)10-16(3)11-15-13(2)8-9-17-15/h4-9H,10-11H2,1-3H3. The van der Waals surface area contributed by atoms with E-state index >= 15 is 0 Å². The van der Waals surface area contributed by atoms with Crippen LogP contribution in [0.1, 0.15) is 21.6 Å². The van der Waals surface area contributed by atoms with Gasteiger partial charge in [0.1, 0.15) is 0 Å². The predicted octanol–water partition coefficient (Wildman–Crippen LogP) is 4.00. The van der Waals surface area contributed by atoms with Crippen LogP contribution < -0.4 is 0 Å². The maximum absolute atomic E-state index is 2.38. The maximum atomic E-state index is 2.38. The molecule has 0 bridgehead atoms. The first-order chi connectivity index (χ1) is 8.16. The lowest BCUT2D eigenvalue weighted by Gasteiger charge is -2.17. The van der Waals surface area contributed by atoms with Gasteiger partial charge in [-0.25, -0.2) is 0 Å². The van der Waals surface area contributed by atoms with Crippen LogP contribution in [0.2, 0.25) is 0 Å². The first-order valence-corrected chi connectivity index (χ1v) is 6.81. The molecular formula is C15H19NS. The third kappa shape index (κ3) is 3.18. The average Bonchev–Trinajstić information content (AvgIpc) is 2.68. The predicted molar refractivity (Wildman–Crippen MR) is 75.4 cm³/mol. The molecule has 0 aliphatic rings. The van der Waals surface area contributed by atoms with E-state index in [-0.39, 0.29) is 0 Å². The maximum Gasteiger partial charge on any atom is 0.0331 e. The van der Waals surface area contributed by atoms with Gasteiger partial charge in [-0.1, -0.05) is 24.3 Å². The number of hydrogen-bond acceptors (Lipinski definition) is 2. The van der Waals surface area contributed by atoms with Gasteiger partial charge >= 0.3 is 0 Å². The Bertz CT molecular complexity index is 487.